The van der Waals surface area contributed by atoms with Crippen molar-refractivity contribution in [2.45, 2.75) is 37.5 Å². The number of aryl methyl sites for hydroxylation is 1. The van der Waals surface area contributed by atoms with Gasteiger partial charge in [0.1, 0.15) is 0 Å². The Bertz CT molecular complexity index is 922. The van der Waals surface area contributed by atoms with Crippen LogP contribution in [0.1, 0.15) is 59.3 Å². The monoisotopic (exact) mass is 384 g/mol. The van der Waals surface area contributed by atoms with E-state index in [0.29, 0.717) is 24.6 Å². The third kappa shape index (κ3) is 3.21. The van der Waals surface area contributed by atoms with Crippen molar-refractivity contribution in [3.8, 4) is 0 Å². The van der Waals surface area contributed by atoms with E-state index < -0.39 is 0 Å². The number of hydrogen-bond acceptors (Lipinski definition) is 4. The summed E-state index contributed by atoms with van der Waals surface area (Å²) in [6.45, 7) is 1.39. The second-order valence-electron chi connectivity index (χ2n) is 8.09. The molecule has 1 aliphatic carbocycles. The van der Waals surface area contributed by atoms with Gasteiger partial charge in [0.2, 0.25) is 0 Å². The van der Waals surface area contributed by atoms with Gasteiger partial charge in [-0.3, -0.25) is 9.48 Å². The van der Waals surface area contributed by atoms with Crippen molar-refractivity contribution >= 4 is 23.0 Å². The smallest absolute Gasteiger partial charge is 0.319 e. The van der Waals surface area contributed by atoms with E-state index in [0.717, 1.165) is 48.1 Å². The lowest BCUT2D eigenvalue weighted by Crippen LogP contribution is -2.43. The highest BCUT2D eigenvalue weighted by atomic mass is 16.2. The Kier molecular flexibility index (Phi) is 4.72. The van der Waals surface area contributed by atoms with Gasteiger partial charge in [-0.2, -0.15) is 5.10 Å². The Morgan fingerprint density at radius 1 is 1.14 bits per heavy atom. The summed E-state index contributed by atoms with van der Waals surface area (Å²) < 4.78 is 1.81. The summed E-state index contributed by atoms with van der Waals surface area (Å²) in [4.78, 5) is 33.2. The van der Waals surface area contributed by atoms with Gasteiger partial charge in [0, 0.05) is 58.8 Å². The van der Waals surface area contributed by atoms with Crippen molar-refractivity contribution in [2.24, 2.45) is 7.05 Å². The number of hydrogen-bond donors (Lipinski definition) is 1. The van der Waals surface area contributed by atoms with Gasteiger partial charge >= 0.3 is 6.03 Å². The predicted molar refractivity (Wildman–Crippen MR) is 107 cm³/mol. The fourth-order valence-corrected chi connectivity index (χ4v) is 4.11. The van der Waals surface area contributed by atoms with Crippen LogP contribution in [-0.2, 0) is 7.05 Å². The number of nitrogens with zero attached hydrogens (tertiary/aromatic N) is 5. The number of aromatic nitrogens is 3. The molecule has 0 atom stereocenters. The molecule has 0 spiro atoms. The summed E-state index contributed by atoms with van der Waals surface area (Å²) in [5.41, 5.74) is 3.38. The summed E-state index contributed by atoms with van der Waals surface area (Å²) in [6.07, 6.45) is 3.94. The highest BCUT2D eigenvalue weighted by molar-refractivity contribution is 6.06. The highest BCUT2D eigenvalue weighted by Crippen LogP contribution is 2.41. The van der Waals surface area contributed by atoms with Gasteiger partial charge in [-0.15, -0.1) is 0 Å². The first-order valence-corrected chi connectivity index (χ1v) is 9.96. The number of rotatable bonds is 3. The molecule has 0 unspecified atom stereocenters. The minimum absolute atomic E-state index is 0.0473. The predicted octanol–water partition coefficient (Wildman–Crippen LogP) is 2.07. The second kappa shape index (κ2) is 7.07. The fourth-order valence-electron chi connectivity index (χ4n) is 4.11. The third-order valence-electron chi connectivity index (χ3n) is 5.84. The van der Waals surface area contributed by atoms with Gasteiger partial charge in [-0.1, -0.05) is 0 Å². The molecule has 3 heterocycles. The zero-order valence-electron chi connectivity index (χ0n) is 17.0. The summed E-state index contributed by atoms with van der Waals surface area (Å²) >= 11 is 0. The number of urea groups is 1. The molecule has 3 amide bonds. The first-order valence-electron chi connectivity index (χ1n) is 9.96. The standard InChI is InChI=1S/C20H28N6O2/c1-21-19(27)14-11-15(12-5-6-12)22-18-16(14)17(23-25(18)4)13-7-9-26(10-8-13)20(28)24(2)3/h11-13H,5-10H2,1-4H3,(H,21,27). The minimum Gasteiger partial charge on any atom is -0.355 e. The number of carbonyl (C=O) groups excluding carboxylic acids is 2. The quantitative estimate of drug-likeness (QED) is 0.878. The highest BCUT2D eigenvalue weighted by Gasteiger charge is 2.32. The molecule has 1 N–H and O–H groups in total. The molecule has 4 rings (SSSR count). The Labute approximate surface area is 164 Å². The maximum absolute atomic E-state index is 12.6. The van der Waals surface area contributed by atoms with E-state index in [1.54, 1.807) is 30.7 Å². The van der Waals surface area contributed by atoms with Gasteiger partial charge in [0.05, 0.1) is 16.6 Å². The maximum atomic E-state index is 12.6. The van der Waals surface area contributed by atoms with Gasteiger partial charge in [0.15, 0.2) is 5.65 Å². The van der Waals surface area contributed by atoms with Crippen LogP contribution < -0.4 is 5.32 Å². The molecular formula is C20H28N6O2. The molecule has 0 aromatic carbocycles. The molecule has 150 valence electrons. The van der Waals surface area contributed by atoms with Crippen molar-refractivity contribution in [3.63, 3.8) is 0 Å². The SMILES string of the molecule is CNC(=O)c1cc(C2CC2)nc2c1c(C1CCN(C(=O)N(C)C)CC1)nn2C. The normalized spacial score (nSPS) is 17.8. The zero-order valence-corrected chi connectivity index (χ0v) is 17.0. The number of amides is 3. The molecule has 2 aromatic rings. The summed E-state index contributed by atoms with van der Waals surface area (Å²) in [7, 11) is 7.11. The number of piperidine rings is 1. The molecule has 28 heavy (non-hydrogen) atoms. The number of pyridine rings is 1. The molecule has 2 fully saturated rings. The van der Waals surface area contributed by atoms with Gasteiger partial charge in [-0.25, -0.2) is 9.78 Å². The molecule has 8 heteroatoms. The van der Waals surface area contributed by atoms with E-state index in [9.17, 15) is 9.59 Å². The third-order valence-corrected chi connectivity index (χ3v) is 5.84. The van der Waals surface area contributed by atoms with E-state index >= 15 is 0 Å². The topological polar surface area (TPSA) is 83.4 Å². The van der Waals surface area contributed by atoms with Gasteiger partial charge in [0.25, 0.3) is 5.91 Å². The molecular weight excluding hydrogens is 356 g/mol. The van der Waals surface area contributed by atoms with Crippen LogP contribution in [0.5, 0.6) is 0 Å². The van der Waals surface area contributed by atoms with Crippen LogP contribution in [0.15, 0.2) is 6.07 Å². The van der Waals surface area contributed by atoms with Crippen molar-refractivity contribution in [1.29, 1.82) is 0 Å². The van der Waals surface area contributed by atoms with E-state index in [1.165, 1.54) is 0 Å². The van der Waals surface area contributed by atoms with E-state index in [2.05, 4.69) is 5.32 Å². The largest absolute Gasteiger partial charge is 0.355 e. The number of likely N-dealkylation sites (tertiary alicyclic amines) is 1. The van der Waals surface area contributed by atoms with Crippen molar-refractivity contribution in [1.82, 2.24) is 29.9 Å². The Morgan fingerprint density at radius 2 is 1.82 bits per heavy atom. The van der Waals surface area contributed by atoms with Crippen molar-refractivity contribution < 1.29 is 9.59 Å². The first-order chi connectivity index (χ1) is 13.4. The van der Waals surface area contributed by atoms with Crippen LogP contribution in [0.25, 0.3) is 11.0 Å². The Balaban J connectivity index is 1.70. The molecule has 1 saturated carbocycles. The summed E-state index contributed by atoms with van der Waals surface area (Å²) in [5, 5.41) is 8.41. The minimum atomic E-state index is -0.0937. The van der Waals surface area contributed by atoms with Crippen LogP contribution in [0.4, 0.5) is 4.79 Å². The second-order valence-corrected chi connectivity index (χ2v) is 8.09. The molecule has 0 bridgehead atoms. The van der Waals surface area contributed by atoms with Crippen LogP contribution >= 0.6 is 0 Å². The van der Waals surface area contributed by atoms with Gasteiger partial charge in [-0.05, 0) is 31.7 Å². The maximum Gasteiger partial charge on any atom is 0.319 e. The summed E-state index contributed by atoms with van der Waals surface area (Å²) in [5.74, 6) is 0.585. The fraction of sp³-hybridized carbons (Fsp3) is 0.600. The number of nitrogens with one attached hydrogen (secondary N) is 1. The van der Waals surface area contributed by atoms with Crippen molar-refractivity contribution in [3.05, 3.63) is 23.0 Å². The van der Waals surface area contributed by atoms with E-state index in [1.807, 2.05) is 18.0 Å². The van der Waals surface area contributed by atoms with Crippen LogP contribution in [0.2, 0.25) is 0 Å². The molecule has 2 aliphatic rings. The zero-order chi connectivity index (χ0) is 20.0. The summed E-state index contributed by atoms with van der Waals surface area (Å²) in [6, 6.07) is 2.00. The number of carbonyl (C=O) groups is 2. The lowest BCUT2D eigenvalue weighted by atomic mass is 9.90. The molecule has 0 radical (unpaired) electrons. The van der Waals surface area contributed by atoms with Crippen molar-refractivity contribution in [2.75, 3.05) is 34.2 Å². The molecule has 1 aliphatic heterocycles. The van der Waals surface area contributed by atoms with E-state index in [-0.39, 0.29) is 17.9 Å². The lowest BCUT2D eigenvalue weighted by Gasteiger charge is -2.33. The van der Waals surface area contributed by atoms with Crippen LogP contribution in [0, 0.1) is 0 Å². The van der Waals surface area contributed by atoms with Crippen LogP contribution in [-0.4, -0.2) is 70.7 Å². The molecule has 1 saturated heterocycles. The van der Waals surface area contributed by atoms with Gasteiger partial charge < -0.3 is 15.1 Å². The average molecular weight is 384 g/mol. The van der Waals surface area contributed by atoms with E-state index in [4.69, 9.17) is 10.1 Å². The Hall–Kier alpha value is -2.64. The molecule has 2 aromatic heterocycles. The Morgan fingerprint density at radius 3 is 2.39 bits per heavy atom. The van der Waals surface area contributed by atoms with Crippen LogP contribution in [0.3, 0.4) is 0 Å². The first kappa shape index (κ1) is 18.7. The lowest BCUT2D eigenvalue weighted by molar-refractivity contribution is 0.0964. The number of fused-ring (bicyclic) bond motifs is 1. The molecule has 8 nitrogen and oxygen atoms in total. The average Bonchev–Trinajstić information content (AvgIpc) is 3.50.